The van der Waals surface area contributed by atoms with Crippen molar-refractivity contribution in [3.63, 3.8) is 0 Å². The summed E-state index contributed by atoms with van der Waals surface area (Å²) in [4.78, 5) is 9.69. The molecule has 0 heterocycles. The van der Waals surface area contributed by atoms with E-state index in [1.165, 1.54) is 12.1 Å². The zero-order chi connectivity index (χ0) is 18.1. The molecule has 4 nitrogen and oxygen atoms in total. The van der Waals surface area contributed by atoms with Gasteiger partial charge in [0.2, 0.25) is 0 Å². The lowest BCUT2D eigenvalue weighted by Crippen LogP contribution is -2.16. The van der Waals surface area contributed by atoms with Gasteiger partial charge in [0, 0.05) is 10.7 Å². The molecule has 0 radical (unpaired) electrons. The first kappa shape index (κ1) is 18.2. The van der Waals surface area contributed by atoms with E-state index in [4.69, 9.17) is 10.7 Å². The number of esters is 1. The van der Waals surface area contributed by atoms with Gasteiger partial charge in [-0.1, -0.05) is 30.3 Å². The Bertz CT molecular complexity index is 872. The van der Waals surface area contributed by atoms with Crippen LogP contribution in [0.25, 0.3) is 0 Å². The van der Waals surface area contributed by atoms with Crippen molar-refractivity contribution < 1.29 is 35.5 Å². The fourth-order valence-corrected chi connectivity index (χ4v) is 2.81. The van der Waals surface area contributed by atoms with Crippen molar-refractivity contribution in [3.8, 4) is 0 Å². The molecule has 0 atom stereocenters. The van der Waals surface area contributed by atoms with Crippen LogP contribution in [0.2, 0.25) is 0 Å². The van der Waals surface area contributed by atoms with Crippen LogP contribution in [0.5, 0.6) is 0 Å². The number of ether oxygens (including phenoxy) is 1. The summed E-state index contributed by atoms with van der Waals surface area (Å²) < 4.78 is 81.5. The Hall–Kier alpha value is -2.13. The molecular weight excluding hydrogens is 376 g/mol. The third-order valence-electron chi connectivity index (χ3n) is 2.88. The van der Waals surface area contributed by atoms with E-state index in [9.17, 15) is 30.8 Å². The lowest BCUT2D eigenvalue weighted by Gasteiger charge is -2.10. The Labute approximate surface area is 138 Å². The molecule has 0 bridgehead atoms. The van der Waals surface area contributed by atoms with Gasteiger partial charge in [-0.25, -0.2) is 30.8 Å². The third-order valence-corrected chi connectivity index (χ3v) is 4.19. The maximum atomic E-state index is 13.8. The Balaban J connectivity index is 2.42. The van der Waals surface area contributed by atoms with Crippen molar-refractivity contribution >= 4 is 25.7 Å². The van der Waals surface area contributed by atoms with Crippen LogP contribution in [0.4, 0.5) is 17.6 Å². The van der Waals surface area contributed by atoms with Crippen LogP contribution in [0.3, 0.4) is 0 Å². The molecule has 2 aromatic carbocycles. The maximum absolute atomic E-state index is 13.8. The average Bonchev–Trinajstić information content (AvgIpc) is 2.51. The quantitative estimate of drug-likeness (QED) is 0.351. The number of halogens is 5. The van der Waals surface area contributed by atoms with Gasteiger partial charge in [0.1, 0.15) is 12.2 Å². The highest BCUT2D eigenvalue weighted by Gasteiger charge is 2.35. The molecule has 0 fully saturated rings. The van der Waals surface area contributed by atoms with E-state index in [2.05, 4.69) is 4.74 Å². The molecule has 0 aliphatic rings. The predicted molar refractivity (Wildman–Crippen MR) is 74.9 cm³/mol. The number of benzene rings is 2. The Morgan fingerprint density at radius 2 is 1.46 bits per heavy atom. The van der Waals surface area contributed by atoms with E-state index in [1.807, 2.05) is 0 Å². The van der Waals surface area contributed by atoms with Crippen molar-refractivity contribution in [2.24, 2.45) is 0 Å². The van der Waals surface area contributed by atoms with E-state index in [0.717, 1.165) is 0 Å². The molecule has 0 spiro atoms. The Morgan fingerprint density at radius 1 is 0.958 bits per heavy atom. The normalized spacial score (nSPS) is 11.4. The van der Waals surface area contributed by atoms with E-state index in [-0.39, 0.29) is 0 Å². The second-order valence-electron chi connectivity index (χ2n) is 4.46. The highest BCUT2D eigenvalue weighted by Crippen LogP contribution is 2.30. The van der Waals surface area contributed by atoms with E-state index in [1.54, 1.807) is 18.2 Å². The Kier molecular flexibility index (Phi) is 5.14. The minimum absolute atomic E-state index is 0.419. The molecule has 0 N–H and O–H groups in total. The summed E-state index contributed by atoms with van der Waals surface area (Å²) in [6.45, 7) is -0.419. The van der Waals surface area contributed by atoms with Gasteiger partial charge in [-0.05, 0) is 5.56 Å². The minimum Gasteiger partial charge on any atom is -0.457 e. The largest absolute Gasteiger partial charge is 0.457 e. The molecular formula is C14H7ClF4O4S. The first-order chi connectivity index (χ1) is 11.1. The van der Waals surface area contributed by atoms with Crippen molar-refractivity contribution in [3.05, 3.63) is 64.7 Å². The molecule has 0 unspecified atom stereocenters. The summed E-state index contributed by atoms with van der Waals surface area (Å²) in [6.07, 6.45) is 0. The average molecular weight is 383 g/mol. The van der Waals surface area contributed by atoms with Gasteiger partial charge in [-0.2, -0.15) is 0 Å². The molecule has 2 aromatic rings. The molecule has 10 heteroatoms. The number of rotatable bonds is 4. The van der Waals surface area contributed by atoms with E-state index in [0.29, 0.717) is 5.56 Å². The van der Waals surface area contributed by atoms with Gasteiger partial charge < -0.3 is 4.74 Å². The summed E-state index contributed by atoms with van der Waals surface area (Å²) in [5.41, 5.74) is -1.24. The molecule has 24 heavy (non-hydrogen) atoms. The van der Waals surface area contributed by atoms with Gasteiger partial charge in [-0.3, -0.25) is 0 Å². The third kappa shape index (κ3) is 3.51. The standard InChI is InChI=1S/C14H7ClF4O4S/c15-24(21,22)13-11(18)9(16)8(10(17)12(13)19)14(20)23-6-7-4-2-1-3-5-7/h1-5H,6H2. The fraction of sp³-hybridized carbons (Fsp3) is 0.0714. The molecule has 0 amide bonds. The van der Waals surface area contributed by atoms with Crippen molar-refractivity contribution in [2.45, 2.75) is 11.5 Å². The fourth-order valence-electron chi connectivity index (χ4n) is 1.80. The van der Waals surface area contributed by atoms with Crippen LogP contribution in [0.1, 0.15) is 15.9 Å². The first-order valence-electron chi connectivity index (χ1n) is 6.16. The summed E-state index contributed by atoms with van der Waals surface area (Å²) in [6, 6.07) is 7.93. The zero-order valence-corrected chi connectivity index (χ0v) is 13.1. The van der Waals surface area contributed by atoms with Gasteiger partial charge in [0.15, 0.2) is 28.2 Å². The number of hydrogen-bond acceptors (Lipinski definition) is 4. The second-order valence-corrected chi connectivity index (χ2v) is 6.96. The molecule has 0 saturated heterocycles. The SMILES string of the molecule is O=C(OCc1ccccc1)c1c(F)c(F)c(S(=O)(=O)Cl)c(F)c1F. The monoisotopic (exact) mass is 382 g/mol. The summed E-state index contributed by atoms with van der Waals surface area (Å²) in [7, 11) is -0.388. The second kappa shape index (κ2) is 6.78. The highest BCUT2D eigenvalue weighted by molar-refractivity contribution is 8.13. The Morgan fingerprint density at radius 3 is 1.92 bits per heavy atom. The summed E-state index contributed by atoms with van der Waals surface area (Å²) in [5.74, 6) is -10.8. The molecule has 0 saturated carbocycles. The van der Waals surface area contributed by atoms with Crippen LogP contribution in [-0.4, -0.2) is 14.4 Å². The molecule has 0 aromatic heterocycles. The smallest absolute Gasteiger partial charge is 0.344 e. The summed E-state index contributed by atoms with van der Waals surface area (Å²) >= 11 is 0. The van der Waals surface area contributed by atoms with Crippen molar-refractivity contribution in [1.29, 1.82) is 0 Å². The lowest BCUT2D eigenvalue weighted by atomic mass is 10.1. The topological polar surface area (TPSA) is 60.4 Å². The highest BCUT2D eigenvalue weighted by atomic mass is 35.7. The molecule has 128 valence electrons. The van der Waals surface area contributed by atoms with Crippen LogP contribution >= 0.6 is 10.7 Å². The number of carbonyl (C=O) groups excluding carboxylic acids is 1. The lowest BCUT2D eigenvalue weighted by molar-refractivity contribution is 0.0458. The first-order valence-corrected chi connectivity index (χ1v) is 8.47. The van der Waals surface area contributed by atoms with Crippen LogP contribution in [-0.2, 0) is 20.4 Å². The van der Waals surface area contributed by atoms with E-state index >= 15 is 0 Å². The van der Waals surface area contributed by atoms with Gasteiger partial charge in [0.25, 0.3) is 9.05 Å². The maximum Gasteiger partial charge on any atom is 0.344 e. The van der Waals surface area contributed by atoms with E-state index < -0.39 is 55.4 Å². The van der Waals surface area contributed by atoms with Crippen LogP contribution in [0.15, 0.2) is 35.2 Å². The molecule has 0 aliphatic carbocycles. The molecule has 0 aliphatic heterocycles. The summed E-state index contributed by atoms with van der Waals surface area (Å²) in [5, 5.41) is 0. The van der Waals surface area contributed by atoms with Crippen LogP contribution in [0, 0.1) is 23.3 Å². The number of carbonyl (C=O) groups is 1. The zero-order valence-electron chi connectivity index (χ0n) is 11.5. The van der Waals surface area contributed by atoms with Crippen molar-refractivity contribution in [1.82, 2.24) is 0 Å². The van der Waals surface area contributed by atoms with Crippen molar-refractivity contribution in [2.75, 3.05) is 0 Å². The number of hydrogen-bond donors (Lipinski definition) is 0. The van der Waals surface area contributed by atoms with Crippen LogP contribution < -0.4 is 0 Å². The minimum atomic E-state index is -5.12. The van der Waals surface area contributed by atoms with Gasteiger partial charge in [-0.15, -0.1) is 0 Å². The van der Waals surface area contributed by atoms with Gasteiger partial charge >= 0.3 is 5.97 Å². The van der Waals surface area contributed by atoms with Gasteiger partial charge in [0.05, 0.1) is 0 Å². The predicted octanol–water partition coefficient (Wildman–Crippen LogP) is 3.53. The molecule has 2 rings (SSSR count).